The molecule has 2 aromatic rings. The fourth-order valence-electron chi connectivity index (χ4n) is 3.54. The molecule has 1 aromatic carbocycles. The predicted octanol–water partition coefficient (Wildman–Crippen LogP) is 1.60. The Balaban J connectivity index is 1.29. The lowest BCUT2D eigenvalue weighted by Gasteiger charge is -2.36. The summed E-state index contributed by atoms with van der Waals surface area (Å²) in [5, 5.41) is 7.73. The molecule has 1 atom stereocenters. The molecule has 3 heterocycles. The molecule has 1 fully saturated rings. The Morgan fingerprint density at radius 3 is 2.72 bits per heavy atom. The van der Waals surface area contributed by atoms with Crippen molar-refractivity contribution >= 4 is 23.3 Å². The second-order valence-electron chi connectivity index (χ2n) is 7.43. The summed E-state index contributed by atoms with van der Waals surface area (Å²) in [6.07, 6.45) is 1.61. The van der Waals surface area contributed by atoms with Gasteiger partial charge in [0, 0.05) is 51.2 Å². The number of carbonyl (C=O) groups is 2. The predicted molar refractivity (Wildman–Crippen MR) is 110 cm³/mol. The standard InChI is InChI=1S/C21H23FN4O6/c1-14(27)29-13-21(28)26-7-5-25(6-8-26)19-3-2-15(10-17(19)22)18-11-16(32-23-18)12-30-20-4-9-31-24-20/h2-4,9-10,16H,5-8,11-13H2,1H3. The van der Waals surface area contributed by atoms with E-state index in [4.69, 9.17) is 18.8 Å². The molecule has 2 aliphatic heterocycles. The minimum absolute atomic E-state index is 0.251. The molecule has 1 amide bonds. The molecule has 1 aromatic heterocycles. The molecule has 4 rings (SSSR count). The number of carbonyl (C=O) groups excluding carboxylic acids is 2. The van der Waals surface area contributed by atoms with Crippen LogP contribution < -0.4 is 9.64 Å². The average molecular weight is 446 g/mol. The number of nitrogens with zero attached hydrogens (tertiary/aromatic N) is 4. The van der Waals surface area contributed by atoms with Gasteiger partial charge in [0.25, 0.3) is 11.8 Å². The second kappa shape index (κ2) is 9.67. The Labute approximate surface area is 183 Å². The second-order valence-corrected chi connectivity index (χ2v) is 7.43. The van der Waals surface area contributed by atoms with Crippen LogP contribution in [0.25, 0.3) is 0 Å². The van der Waals surface area contributed by atoms with Crippen LogP contribution in [0.4, 0.5) is 10.1 Å². The highest BCUT2D eigenvalue weighted by Crippen LogP contribution is 2.25. The highest BCUT2D eigenvalue weighted by molar-refractivity contribution is 6.01. The number of anilines is 1. The number of amides is 1. The van der Waals surface area contributed by atoms with E-state index in [0.717, 1.165) is 0 Å². The van der Waals surface area contributed by atoms with Crippen LogP contribution in [0.2, 0.25) is 0 Å². The lowest BCUT2D eigenvalue weighted by Crippen LogP contribution is -2.50. The third-order valence-electron chi connectivity index (χ3n) is 5.22. The van der Waals surface area contributed by atoms with Crippen molar-refractivity contribution in [2.75, 3.05) is 44.3 Å². The van der Waals surface area contributed by atoms with E-state index in [1.54, 1.807) is 23.1 Å². The van der Waals surface area contributed by atoms with Crippen LogP contribution in [0, 0.1) is 5.82 Å². The molecular weight excluding hydrogens is 423 g/mol. The number of hydrogen-bond acceptors (Lipinski definition) is 9. The number of esters is 1. The summed E-state index contributed by atoms with van der Waals surface area (Å²) in [4.78, 5) is 31.8. The molecule has 0 N–H and O–H groups in total. The summed E-state index contributed by atoms with van der Waals surface area (Å²) < 4.78 is 29.8. The molecule has 0 bridgehead atoms. The van der Waals surface area contributed by atoms with E-state index in [0.29, 0.717) is 55.4 Å². The Hall–Kier alpha value is -3.63. The van der Waals surface area contributed by atoms with Gasteiger partial charge in [-0.05, 0) is 17.3 Å². The molecule has 0 spiro atoms. The van der Waals surface area contributed by atoms with Crippen molar-refractivity contribution in [2.24, 2.45) is 5.16 Å². The third-order valence-corrected chi connectivity index (χ3v) is 5.22. The first-order chi connectivity index (χ1) is 15.5. The Morgan fingerprint density at radius 1 is 1.22 bits per heavy atom. The van der Waals surface area contributed by atoms with Crippen molar-refractivity contribution in [3.8, 4) is 5.88 Å². The molecule has 0 aliphatic carbocycles. The first-order valence-corrected chi connectivity index (χ1v) is 10.2. The van der Waals surface area contributed by atoms with Crippen LogP contribution in [-0.2, 0) is 19.2 Å². The minimum atomic E-state index is -0.495. The van der Waals surface area contributed by atoms with Crippen molar-refractivity contribution in [1.29, 1.82) is 0 Å². The molecule has 11 heteroatoms. The van der Waals surface area contributed by atoms with Gasteiger partial charge in [0.2, 0.25) is 0 Å². The van der Waals surface area contributed by atoms with E-state index in [-0.39, 0.29) is 31.0 Å². The number of rotatable bonds is 7. The maximum Gasteiger partial charge on any atom is 0.303 e. The van der Waals surface area contributed by atoms with E-state index in [1.165, 1.54) is 19.3 Å². The summed E-state index contributed by atoms with van der Waals surface area (Å²) in [6, 6.07) is 6.56. The number of ether oxygens (including phenoxy) is 2. The molecular formula is C21H23FN4O6. The van der Waals surface area contributed by atoms with Crippen molar-refractivity contribution in [1.82, 2.24) is 10.1 Å². The minimum Gasteiger partial charge on any atom is -0.471 e. The maximum absolute atomic E-state index is 14.9. The molecule has 0 radical (unpaired) electrons. The SMILES string of the molecule is CC(=O)OCC(=O)N1CCN(c2ccc(C3=NOC(COc4ccon4)C3)cc2F)CC1. The quantitative estimate of drug-likeness (QED) is 0.591. The van der Waals surface area contributed by atoms with Crippen LogP contribution >= 0.6 is 0 Å². The number of hydrogen-bond donors (Lipinski definition) is 0. The van der Waals surface area contributed by atoms with Gasteiger partial charge >= 0.3 is 5.97 Å². The molecule has 2 aliphatic rings. The van der Waals surface area contributed by atoms with Crippen LogP contribution in [0.5, 0.6) is 5.88 Å². The van der Waals surface area contributed by atoms with Gasteiger partial charge in [0.15, 0.2) is 12.7 Å². The number of piperazine rings is 1. The zero-order valence-electron chi connectivity index (χ0n) is 17.5. The van der Waals surface area contributed by atoms with Gasteiger partial charge in [-0.3, -0.25) is 9.59 Å². The smallest absolute Gasteiger partial charge is 0.303 e. The van der Waals surface area contributed by atoms with E-state index in [1.807, 2.05) is 4.90 Å². The first-order valence-electron chi connectivity index (χ1n) is 10.2. The first kappa shape index (κ1) is 21.6. The summed E-state index contributed by atoms with van der Waals surface area (Å²) in [5.41, 5.74) is 1.75. The van der Waals surface area contributed by atoms with Gasteiger partial charge in [-0.1, -0.05) is 11.2 Å². The van der Waals surface area contributed by atoms with Gasteiger partial charge in [-0.2, -0.15) is 0 Å². The molecule has 1 saturated heterocycles. The van der Waals surface area contributed by atoms with Gasteiger partial charge < -0.3 is 28.6 Å². The van der Waals surface area contributed by atoms with Crippen LogP contribution in [-0.4, -0.2) is 73.1 Å². The highest BCUT2D eigenvalue weighted by Gasteiger charge is 2.26. The molecule has 32 heavy (non-hydrogen) atoms. The van der Waals surface area contributed by atoms with Gasteiger partial charge in [-0.15, -0.1) is 0 Å². The number of oxime groups is 1. The van der Waals surface area contributed by atoms with Crippen LogP contribution in [0.15, 0.2) is 40.2 Å². The Bertz CT molecular complexity index is 988. The number of halogens is 1. The van der Waals surface area contributed by atoms with Gasteiger partial charge in [-0.25, -0.2) is 4.39 Å². The van der Waals surface area contributed by atoms with Crippen LogP contribution in [0.3, 0.4) is 0 Å². The van der Waals surface area contributed by atoms with Crippen LogP contribution in [0.1, 0.15) is 18.9 Å². The largest absolute Gasteiger partial charge is 0.471 e. The van der Waals surface area contributed by atoms with Crippen molar-refractivity contribution in [3.05, 3.63) is 41.9 Å². The third kappa shape index (κ3) is 5.16. The van der Waals surface area contributed by atoms with Crippen molar-refractivity contribution in [2.45, 2.75) is 19.4 Å². The number of aromatic nitrogens is 1. The fourth-order valence-corrected chi connectivity index (χ4v) is 3.54. The summed E-state index contributed by atoms with van der Waals surface area (Å²) in [5.74, 6) is -0.750. The topological polar surface area (TPSA) is 107 Å². The lowest BCUT2D eigenvalue weighted by atomic mass is 10.0. The Kier molecular flexibility index (Phi) is 6.52. The summed E-state index contributed by atoms with van der Waals surface area (Å²) >= 11 is 0. The van der Waals surface area contributed by atoms with Crippen molar-refractivity contribution < 1.29 is 32.8 Å². The number of benzene rings is 1. The van der Waals surface area contributed by atoms with E-state index >= 15 is 0 Å². The monoisotopic (exact) mass is 446 g/mol. The molecule has 170 valence electrons. The van der Waals surface area contributed by atoms with E-state index in [9.17, 15) is 14.0 Å². The maximum atomic E-state index is 14.9. The summed E-state index contributed by atoms with van der Waals surface area (Å²) in [6.45, 7) is 3.05. The molecule has 0 saturated carbocycles. The molecule has 10 nitrogen and oxygen atoms in total. The van der Waals surface area contributed by atoms with Gasteiger partial charge in [0.1, 0.15) is 18.7 Å². The van der Waals surface area contributed by atoms with E-state index in [2.05, 4.69) is 10.3 Å². The molecule has 1 unspecified atom stereocenters. The highest BCUT2D eigenvalue weighted by atomic mass is 19.1. The lowest BCUT2D eigenvalue weighted by molar-refractivity contribution is -0.150. The van der Waals surface area contributed by atoms with Gasteiger partial charge in [0.05, 0.1) is 11.4 Å². The zero-order valence-corrected chi connectivity index (χ0v) is 17.5. The Morgan fingerprint density at radius 2 is 2.03 bits per heavy atom. The van der Waals surface area contributed by atoms with Crippen molar-refractivity contribution in [3.63, 3.8) is 0 Å². The average Bonchev–Trinajstić information content (AvgIpc) is 3.48. The fraction of sp³-hybridized carbons (Fsp3) is 0.429. The normalized spacial score (nSPS) is 18.2. The summed E-state index contributed by atoms with van der Waals surface area (Å²) in [7, 11) is 0. The zero-order chi connectivity index (χ0) is 22.5. The van der Waals surface area contributed by atoms with E-state index < -0.39 is 5.97 Å².